The maximum atomic E-state index is 12.9. The third kappa shape index (κ3) is 2.71. The van der Waals surface area contributed by atoms with Crippen LogP contribution in [-0.4, -0.2) is 31.6 Å². The Labute approximate surface area is 139 Å². The molecule has 2 unspecified atom stereocenters. The number of amides is 1. The minimum atomic E-state index is -0.140. The number of hydrogen-bond donors (Lipinski definition) is 0. The van der Waals surface area contributed by atoms with Crippen molar-refractivity contribution in [3.05, 3.63) is 72.1 Å². The zero-order valence-electron chi connectivity index (χ0n) is 13.4. The zero-order valence-corrected chi connectivity index (χ0v) is 13.4. The summed E-state index contributed by atoms with van der Waals surface area (Å²) in [6, 6.07) is 12.1. The standard InChI is InChI=1S/C18H18N4O2/c1-21-10-9-19-17(21)12-22(18(23)16-7-8-20-24-16)15-11-14(15)13-5-3-2-4-6-13/h2-10,14-15H,11-12H2,1H3. The normalized spacial score (nSPS) is 19.2. The predicted octanol–water partition coefficient (Wildman–Crippen LogP) is 2.61. The first-order chi connectivity index (χ1) is 11.7. The number of aromatic nitrogens is 3. The molecule has 122 valence electrons. The van der Waals surface area contributed by atoms with E-state index in [2.05, 4.69) is 22.3 Å². The summed E-state index contributed by atoms with van der Waals surface area (Å²) < 4.78 is 7.01. The van der Waals surface area contributed by atoms with Crippen LogP contribution in [0.25, 0.3) is 0 Å². The lowest BCUT2D eigenvalue weighted by Gasteiger charge is -2.21. The Bertz CT molecular complexity index is 826. The highest BCUT2D eigenvalue weighted by Gasteiger charge is 2.45. The second kappa shape index (κ2) is 5.96. The van der Waals surface area contributed by atoms with Crippen LogP contribution in [0.5, 0.6) is 0 Å². The van der Waals surface area contributed by atoms with Crippen molar-refractivity contribution in [1.29, 1.82) is 0 Å². The topological polar surface area (TPSA) is 64.2 Å². The van der Waals surface area contributed by atoms with E-state index in [1.54, 1.807) is 12.3 Å². The van der Waals surface area contributed by atoms with Crippen LogP contribution in [0, 0.1) is 0 Å². The summed E-state index contributed by atoms with van der Waals surface area (Å²) in [7, 11) is 1.93. The number of carbonyl (C=O) groups is 1. The van der Waals surface area contributed by atoms with Crippen LogP contribution >= 0.6 is 0 Å². The highest BCUT2D eigenvalue weighted by molar-refractivity contribution is 5.91. The van der Waals surface area contributed by atoms with Gasteiger partial charge >= 0.3 is 0 Å². The smallest absolute Gasteiger partial charge is 0.293 e. The van der Waals surface area contributed by atoms with Gasteiger partial charge in [0.1, 0.15) is 5.82 Å². The highest BCUT2D eigenvalue weighted by Crippen LogP contribution is 2.45. The summed E-state index contributed by atoms with van der Waals surface area (Å²) in [5.74, 6) is 1.33. The van der Waals surface area contributed by atoms with Gasteiger partial charge in [-0.05, 0) is 12.0 Å². The number of imidazole rings is 1. The third-order valence-electron chi connectivity index (χ3n) is 4.53. The summed E-state index contributed by atoms with van der Waals surface area (Å²) in [4.78, 5) is 19.1. The van der Waals surface area contributed by atoms with Gasteiger partial charge in [0, 0.05) is 37.5 Å². The maximum absolute atomic E-state index is 12.9. The molecule has 0 radical (unpaired) electrons. The molecule has 2 aromatic heterocycles. The van der Waals surface area contributed by atoms with E-state index >= 15 is 0 Å². The minimum Gasteiger partial charge on any atom is -0.351 e. The summed E-state index contributed by atoms with van der Waals surface area (Å²) in [6.45, 7) is 0.455. The van der Waals surface area contributed by atoms with E-state index in [0.29, 0.717) is 12.5 Å². The lowest BCUT2D eigenvalue weighted by molar-refractivity contribution is 0.0678. The molecule has 3 aromatic rings. The van der Waals surface area contributed by atoms with E-state index in [4.69, 9.17) is 4.52 Å². The number of aryl methyl sites for hydroxylation is 1. The van der Waals surface area contributed by atoms with Gasteiger partial charge in [0.15, 0.2) is 0 Å². The van der Waals surface area contributed by atoms with Crippen molar-refractivity contribution >= 4 is 5.91 Å². The lowest BCUT2D eigenvalue weighted by atomic mass is 10.1. The van der Waals surface area contributed by atoms with Crippen molar-refractivity contribution in [3.63, 3.8) is 0 Å². The Morgan fingerprint density at radius 1 is 1.29 bits per heavy atom. The van der Waals surface area contributed by atoms with E-state index in [1.807, 2.05) is 40.9 Å². The Hall–Kier alpha value is -2.89. The van der Waals surface area contributed by atoms with Crippen LogP contribution in [-0.2, 0) is 13.6 Å². The molecular weight excluding hydrogens is 304 g/mol. The van der Waals surface area contributed by atoms with Crippen molar-refractivity contribution in [2.75, 3.05) is 0 Å². The molecule has 2 heterocycles. The average Bonchev–Trinajstić information content (AvgIpc) is 3.01. The minimum absolute atomic E-state index is 0.140. The van der Waals surface area contributed by atoms with E-state index < -0.39 is 0 Å². The second-order valence-electron chi connectivity index (χ2n) is 6.08. The number of benzene rings is 1. The maximum Gasteiger partial charge on any atom is 0.293 e. The SMILES string of the molecule is Cn1ccnc1CN(C(=O)c1ccno1)C1CC1c1ccccc1. The average molecular weight is 322 g/mol. The molecule has 24 heavy (non-hydrogen) atoms. The first kappa shape index (κ1) is 14.7. The van der Waals surface area contributed by atoms with E-state index in [0.717, 1.165) is 12.2 Å². The molecule has 0 bridgehead atoms. The molecule has 1 aliphatic rings. The quantitative estimate of drug-likeness (QED) is 0.724. The second-order valence-corrected chi connectivity index (χ2v) is 6.08. The zero-order chi connectivity index (χ0) is 16.5. The molecule has 1 amide bonds. The van der Waals surface area contributed by atoms with Crippen LogP contribution in [0.3, 0.4) is 0 Å². The van der Waals surface area contributed by atoms with Crippen LogP contribution in [0.4, 0.5) is 0 Å². The van der Waals surface area contributed by atoms with Crippen molar-refractivity contribution in [2.45, 2.75) is 24.9 Å². The van der Waals surface area contributed by atoms with Crippen molar-refractivity contribution in [2.24, 2.45) is 7.05 Å². The fraction of sp³-hybridized carbons (Fsp3) is 0.278. The van der Waals surface area contributed by atoms with Crippen LogP contribution < -0.4 is 0 Å². The largest absolute Gasteiger partial charge is 0.351 e. The molecule has 1 aliphatic carbocycles. The molecule has 4 rings (SSSR count). The van der Waals surface area contributed by atoms with Gasteiger partial charge in [0.25, 0.3) is 5.91 Å². The molecule has 2 atom stereocenters. The first-order valence-corrected chi connectivity index (χ1v) is 7.97. The lowest BCUT2D eigenvalue weighted by Crippen LogP contribution is -2.34. The fourth-order valence-corrected chi connectivity index (χ4v) is 3.09. The van der Waals surface area contributed by atoms with Crippen molar-refractivity contribution in [3.8, 4) is 0 Å². The molecule has 1 saturated carbocycles. The van der Waals surface area contributed by atoms with Crippen LogP contribution in [0.15, 0.2) is 59.5 Å². The molecule has 0 spiro atoms. The van der Waals surface area contributed by atoms with E-state index in [9.17, 15) is 4.79 Å². The van der Waals surface area contributed by atoms with Crippen molar-refractivity contribution in [1.82, 2.24) is 19.6 Å². The summed E-state index contributed by atoms with van der Waals surface area (Å²) >= 11 is 0. The van der Waals surface area contributed by atoms with Gasteiger partial charge in [0.05, 0.1) is 12.7 Å². The predicted molar refractivity (Wildman–Crippen MR) is 87.2 cm³/mol. The van der Waals surface area contributed by atoms with Gasteiger partial charge in [-0.3, -0.25) is 4.79 Å². The number of carbonyl (C=O) groups excluding carboxylic acids is 1. The van der Waals surface area contributed by atoms with Gasteiger partial charge in [-0.2, -0.15) is 0 Å². The van der Waals surface area contributed by atoms with E-state index in [1.165, 1.54) is 11.8 Å². The molecule has 1 aromatic carbocycles. The first-order valence-electron chi connectivity index (χ1n) is 7.97. The van der Waals surface area contributed by atoms with Gasteiger partial charge in [-0.25, -0.2) is 4.98 Å². The fourth-order valence-electron chi connectivity index (χ4n) is 3.09. The van der Waals surface area contributed by atoms with Crippen LogP contribution in [0.2, 0.25) is 0 Å². The van der Waals surface area contributed by atoms with Crippen LogP contribution in [0.1, 0.15) is 34.3 Å². The summed E-state index contributed by atoms with van der Waals surface area (Å²) in [5.41, 5.74) is 1.26. The van der Waals surface area contributed by atoms with Gasteiger partial charge < -0.3 is 14.0 Å². The van der Waals surface area contributed by atoms with Crippen molar-refractivity contribution < 1.29 is 9.32 Å². The Morgan fingerprint density at radius 2 is 2.12 bits per heavy atom. The summed E-state index contributed by atoms with van der Waals surface area (Å²) in [6.07, 6.45) is 6.07. The van der Waals surface area contributed by atoms with Gasteiger partial charge in [-0.1, -0.05) is 35.5 Å². The molecule has 0 aliphatic heterocycles. The molecule has 1 fully saturated rings. The molecule has 0 saturated heterocycles. The van der Waals surface area contributed by atoms with Gasteiger partial charge in [-0.15, -0.1) is 0 Å². The number of rotatable bonds is 5. The Morgan fingerprint density at radius 3 is 2.79 bits per heavy atom. The number of hydrogen-bond acceptors (Lipinski definition) is 4. The molecule has 6 nitrogen and oxygen atoms in total. The molecule has 0 N–H and O–H groups in total. The molecular formula is C18H18N4O2. The third-order valence-corrected chi connectivity index (χ3v) is 4.53. The van der Waals surface area contributed by atoms with E-state index in [-0.39, 0.29) is 17.7 Å². The highest BCUT2D eigenvalue weighted by atomic mass is 16.5. The number of nitrogens with zero attached hydrogens (tertiary/aromatic N) is 4. The monoisotopic (exact) mass is 322 g/mol. The Balaban J connectivity index is 1.59. The Kier molecular flexibility index (Phi) is 3.65. The molecule has 6 heteroatoms. The summed E-state index contributed by atoms with van der Waals surface area (Å²) in [5, 5.41) is 3.65. The van der Waals surface area contributed by atoms with Gasteiger partial charge in [0.2, 0.25) is 5.76 Å².